The Kier molecular flexibility index (Phi) is 4.60. The minimum absolute atomic E-state index is 0.456. The summed E-state index contributed by atoms with van der Waals surface area (Å²) in [5, 5.41) is 2.21. The lowest BCUT2D eigenvalue weighted by molar-refractivity contribution is 0.164. The first-order valence-corrected chi connectivity index (χ1v) is 8.80. The Balaban J connectivity index is 1.80. The van der Waals surface area contributed by atoms with Crippen LogP contribution in [0, 0.1) is 0 Å². The highest BCUT2D eigenvalue weighted by atomic mass is 35.5. The third-order valence-electron chi connectivity index (χ3n) is 4.37. The second-order valence-electron chi connectivity index (χ2n) is 6.01. The molecule has 1 saturated heterocycles. The molecule has 1 heterocycles. The van der Waals surface area contributed by atoms with Crippen LogP contribution in [0.1, 0.15) is 11.7 Å². The second kappa shape index (κ2) is 7.21. The molecule has 27 heavy (non-hydrogen) atoms. The van der Waals surface area contributed by atoms with Crippen molar-refractivity contribution >= 4 is 29.1 Å². The molecule has 1 atom stereocenters. The molecule has 6 heteroatoms. The number of anilines is 2. The Bertz CT molecular complexity index is 930. The third kappa shape index (κ3) is 3.29. The molecule has 1 fully saturated rings. The van der Waals surface area contributed by atoms with Gasteiger partial charge in [0, 0.05) is 10.7 Å². The predicted molar refractivity (Wildman–Crippen MR) is 105 cm³/mol. The molecule has 3 aromatic rings. The molecule has 0 bridgehead atoms. The van der Waals surface area contributed by atoms with Gasteiger partial charge in [-0.2, -0.15) is 5.06 Å². The highest BCUT2D eigenvalue weighted by Crippen LogP contribution is 2.40. The lowest BCUT2D eigenvalue weighted by Gasteiger charge is -2.27. The van der Waals surface area contributed by atoms with Gasteiger partial charge >= 0.3 is 6.09 Å². The summed E-state index contributed by atoms with van der Waals surface area (Å²) in [6.07, 6.45) is -0.922. The summed E-state index contributed by atoms with van der Waals surface area (Å²) < 4.78 is 5.25. The first-order valence-electron chi connectivity index (χ1n) is 8.42. The molecule has 0 aliphatic carbocycles. The Morgan fingerprint density at radius 3 is 2.19 bits per heavy atom. The van der Waals surface area contributed by atoms with Crippen molar-refractivity contribution in [2.75, 3.05) is 17.1 Å². The molecule has 4 rings (SSSR count). The average Bonchev–Trinajstić information content (AvgIpc) is 3.06. The summed E-state index contributed by atoms with van der Waals surface area (Å²) in [5.74, 6) is 0.744. The zero-order valence-corrected chi connectivity index (χ0v) is 15.3. The van der Waals surface area contributed by atoms with E-state index in [9.17, 15) is 4.79 Å². The van der Waals surface area contributed by atoms with E-state index < -0.39 is 12.3 Å². The van der Waals surface area contributed by atoms with Crippen molar-refractivity contribution < 1.29 is 14.4 Å². The van der Waals surface area contributed by atoms with Crippen molar-refractivity contribution in [2.24, 2.45) is 0 Å². The number of carbonyl (C=O) groups is 1. The largest absolute Gasteiger partial charge is 0.497 e. The van der Waals surface area contributed by atoms with Gasteiger partial charge in [-0.1, -0.05) is 41.9 Å². The quantitative estimate of drug-likeness (QED) is 0.605. The molecule has 1 amide bonds. The smallest absolute Gasteiger partial charge is 0.440 e. The molecule has 3 aromatic carbocycles. The third-order valence-corrected chi connectivity index (χ3v) is 4.62. The fraction of sp³-hybridized carbons (Fsp3) is 0.0952. The Labute approximate surface area is 162 Å². The summed E-state index contributed by atoms with van der Waals surface area (Å²) in [6, 6.07) is 24.2. The molecule has 1 aliphatic heterocycles. The summed E-state index contributed by atoms with van der Waals surface area (Å²) in [5.41, 5.74) is 2.37. The van der Waals surface area contributed by atoms with Gasteiger partial charge in [0.25, 0.3) is 0 Å². The number of hydrogen-bond donors (Lipinski definition) is 0. The number of halogens is 1. The van der Waals surface area contributed by atoms with Crippen molar-refractivity contribution in [2.45, 2.75) is 6.17 Å². The minimum Gasteiger partial charge on any atom is -0.497 e. The van der Waals surface area contributed by atoms with Crippen molar-refractivity contribution in [1.29, 1.82) is 0 Å². The first kappa shape index (κ1) is 17.2. The van der Waals surface area contributed by atoms with Crippen LogP contribution in [0.4, 0.5) is 16.2 Å². The van der Waals surface area contributed by atoms with E-state index in [2.05, 4.69) is 0 Å². The summed E-state index contributed by atoms with van der Waals surface area (Å²) in [6.45, 7) is 0. The fourth-order valence-electron chi connectivity index (χ4n) is 3.06. The molecular weight excluding hydrogens is 364 g/mol. The van der Waals surface area contributed by atoms with Crippen molar-refractivity contribution in [3.05, 3.63) is 89.4 Å². The second-order valence-corrected chi connectivity index (χ2v) is 6.45. The van der Waals surface area contributed by atoms with E-state index in [4.69, 9.17) is 21.2 Å². The van der Waals surface area contributed by atoms with E-state index in [1.165, 1.54) is 0 Å². The average molecular weight is 381 g/mol. The maximum absolute atomic E-state index is 12.8. The molecule has 0 spiro atoms. The van der Waals surface area contributed by atoms with Crippen LogP contribution in [0.25, 0.3) is 0 Å². The number of ether oxygens (including phenoxy) is 1. The van der Waals surface area contributed by atoms with Crippen molar-refractivity contribution in [3.63, 3.8) is 0 Å². The van der Waals surface area contributed by atoms with Crippen LogP contribution in [0.15, 0.2) is 78.9 Å². The number of nitrogens with zero attached hydrogens (tertiary/aromatic N) is 2. The normalized spacial score (nSPS) is 16.4. The standard InChI is InChI=1S/C21H17ClN2O3/c1-26-19-13-7-15(8-14-19)20-23(17-11-9-16(22)10-12-17)21(25)27-24(20)18-5-3-2-4-6-18/h2-14,20H,1H3/t20-/m1/s1. The molecule has 1 aliphatic rings. The highest BCUT2D eigenvalue weighted by Gasteiger charge is 2.42. The van der Waals surface area contributed by atoms with Crippen molar-refractivity contribution in [1.82, 2.24) is 0 Å². The zero-order valence-electron chi connectivity index (χ0n) is 14.6. The van der Waals surface area contributed by atoms with Gasteiger partial charge in [0.15, 0.2) is 6.17 Å². The molecule has 0 aromatic heterocycles. The molecule has 5 nitrogen and oxygen atoms in total. The number of hydrogen-bond acceptors (Lipinski definition) is 4. The summed E-state index contributed by atoms with van der Waals surface area (Å²) in [7, 11) is 1.62. The van der Waals surface area contributed by atoms with E-state index in [1.807, 2.05) is 54.6 Å². The first-order chi connectivity index (χ1) is 13.2. The summed E-state index contributed by atoms with van der Waals surface area (Å²) in [4.78, 5) is 20.0. The predicted octanol–water partition coefficient (Wildman–Crippen LogP) is 5.43. The van der Waals surface area contributed by atoms with Gasteiger partial charge in [-0.3, -0.25) is 0 Å². The number of benzene rings is 3. The fourth-order valence-corrected chi connectivity index (χ4v) is 3.19. The van der Waals surface area contributed by atoms with Gasteiger partial charge in [-0.05, 0) is 54.1 Å². The number of carbonyl (C=O) groups excluding carboxylic acids is 1. The number of rotatable bonds is 4. The Morgan fingerprint density at radius 1 is 0.889 bits per heavy atom. The molecular formula is C21H17ClN2O3. The van der Waals surface area contributed by atoms with Crippen LogP contribution in [-0.4, -0.2) is 13.2 Å². The van der Waals surface area contributed by atoms with Crippen LogP contribution < -0.4 is 14.7 Å². The SMILES string of the molecule is COc1ccc([C@H]2N(c3ccccc3)OC(=O)N2c2ccc(Cl)cc2)cc1. The van der Waals surface area contributed by atoms with Crippen LogP contribution in [0.5, 0.6) is 5.75 Å². The van der Waals surface area contributed by atoms with Gasteiger partial charge in [0.1, 0.15) is 5.75 Å². The van der Waals surface area contributed by atoms with Crippen LogP contribution in [0.2, 0.25) is 5.02 Å². The van der Waals surface area contributed by atoms with Gasteiger partial charge in [-0.15, -0.1) is 0 Å². The monoisotopic (exact) mass is 380 g/mol. The van der Waals surface area contributed by atoms with E-state index in [1.54, 1.807) is 41.3 Å². The topological polar surface area (TPSA) is 42.0 Å². The molecule has 0 unspecified atom stereocenters. The maximum Gasteiger partial charge on any atom is 0.440 e. The number of para-hydroxylation sites is 1. The van der Waals surface area contributed by atoms with Gasteiger partial charge in [-0.25, -0.2) is 9.69 Å². The molecule has 0 saturated carbocycles. The number of amides is 1. The minimum atomic E-state index is -0.466. The van der Waals surface area contributed by atoms with Crippen LogP contribution in [0.3, 0.4) is 0 Å². The van der Waals surface area contributed by atoms with E-state index >= 15 is 0 Å². The Morgan fingerprint density at radius 2 is 1.56 bits per heavy atom. The van der Waals surface area contributed by atoms with Crippen LogP contribution in [-0.2, 0) is 4.84 Å². The number of hydroxylamine groups is 1. The molecule has 0 N–H and O–H groups in total. The van der Waals surface area contributed by atoms with Crippen molar-refractivity contribution in [3.8, 4) is 5.75 Å². The van der Waals surface area contributed by atoms with E-state index in [0.717, 1.165) is 17.0 Å². The summed E-state index contributed by atoms with van der Waals surface area (Å²) >= 11 is 6.01. The lowest BCUT2D eigenvalue weighted by Crippen LogP contribution is -2.31. The Hall–Kier alpha value is -3.18. The van der Waals surface area contributed by atoms with E-state index in [-0.39, 0.29) is 0 Å². The lowest BCUT2D eigenvalue weighted by atomic mass is 10.1. The molecule has 0 radical (unpaired) electrons. The van der Waals surface area contributed by atoms with Gasteiger partial charge in [0.2, 0.25) is 0 Å². The maximum atomic E-state index is 12.8. The number of methoxy groups -OCH3 is 1. The van der Waals surface area contributed by atoms with Gasteiger partial charge in [0.05, 0.1) is 12.8 Å². The zero-order chi connectivity index (χ0) is 18.8. The molecule has 136 valence electrons. The van der Waals surface area contributed by atoms with Gasteiger partial charge < -0.3 is 9.57 Å². The van der Waals surface area contributed by atoms with Crippen LogP contribution >= 0.6 is 11.6 Å². The highest BCUT2D eigenvalue weighted by molar-refractivity contribution is 6.30. The van der Waals surface area contributed by atoms with E-state index in [0.29, 0.717) is 10.7 Å².